The summed E-state index contributed by atoms with van der Waals surface area (Å²) in [6.45, 7) is 17.2. The Morgan fingerprint density at radius 3 is 2.12 bits per heavy atom. The molecule has 1 aromatic rings. The van der Waals surface area contributed by atoms with Crippen molar-refractivity contribution >= 4 is 10.8 Å². The fourth-order valence-electron chi connectivity index (χ4n) is 3.09. The number of hydrogen-bond acceptors (Lipinski definition) is 2. The molecule has 0 fully saturated rings. The van der Waals surface area contributed by atoms with E-state index in [2.05, 4.69) is 67.5 Å². The van der Waals surface area contributed by atoms with E-state index in [9.17, 15) is 9.32 Å². The summed E-state index contributed by atoms with van der Waals surface area (Å²) in [6.07, 6.45) is 5.83. The summed E-state index contributed by atoms with van der Waals surface area (Å²) in [6, 6.07) is 4.18. The topological polar surface area (TPSA) is 37.3 Å². The third kappa shape index (κ3) is 6.72. The van der Waals surface area contributed by atoms with Gasteiger partial charge in [0.05, 0.1) is 5.75 Å². The normalized spacial score (nSPS) is 15.1. The van der Waals surface area contributed by atoms with E-state index in [4.69, 9.17) is 0 Å². The van der Waals surface area contributed by atoms with Gasteiger partial charge in [0.15, 0.2) is 0 Å². The van der Waals surface area contributed by atoms with Gasteiger partial charge in [-0.3, -0.25) is 4.21 Å². The number of hydrogen-bond donors (Lipinski definition) is 1. The van der Waals surface area contributed by atoms with Crippen molar-refractivity contribution in [3.8, 4) is 5.75 Å². The van der Waals surface area contributed by atoms with Crippen LogP contribution in [0, 0.1) is 0 Å². The van der Waals surface area contributed by atoms with Crippen molar-refractivity contribution in [1.29, 1.82) is 0 Å². The van der Waals surface area contributed by atoms with E-state index in [-0.39, 0.29) is 16.1 Å². The summed E-state index contributed by atoms with van der Waals surface area (Å²) < 4.78 is 12.9. The number of benzene rings is 1. The molecule has 0 radical (unpaired) electrons. The van der Waals surface area contributed by atoms with E-state index in [1.54, 1.807) is 0 Å². The summed E-state index contributed by atoms with van der Waals surface area (Å²) in [5.74, 6) is 0.769. The smallest absolute Gasteiger partial charge is 0.123 e. The lowest BCUT2D eigenvalue weighted by Gasteiger charge is -2.27. The molecule has 0 saturated heterocycles. The van der Waals surface area contributed by atoms with Crippen molar-refractivity contribution in [2.75, 3.05) is 0 Å². The fraction of sp³-hybridized carbons (Fsp3) is 0.739. The van der Waals surface area contributed by atoms with E-state index in [1.165, 1.54) is 24.8 Å². The number of aromatic hydroxyl groups is 1. The van der Waals surface area contributed by atoms with Gasteiger partial charge in [-0.1, -0.05) is 93.2 Å². The molecular formula is C23H40O2S. The van der Waals surface area contributed by atoms with Crippen molar-refractivity contribution in [3.63, 3.8) is 0 Å². The van der Waals surface area contributed by atoms with Crippen molar-refractivity contribution in [1.82, 2.24) is 0 Å². The third-order valence-corrected chi connectivity index (χ3v) is 6.80. The maximum Gasteiger partial charge on any atom is 0.123 e. The minimum absolute atomic E-state index is 0.00426. The molecule has 0 heterocycles. The Bertz CT molecular complexity index is 606. The van der Waals surface area contributed by atoms with Crippen molar-refractivity contribution < 1.29 is 9.32 Å². The van der Waals surface area contributed by atoms with Crippen LogP contribution in [0.15, 0.2) is 12.1 Å². The van der Waals surface area contributed by atoms with Gasteiger partial charge in [-0.05, 0) is 28.4 Å². The second-order valence-corrected chi connectivity index (χ2v) is 11.6. The minimum Gasteiger partial charge on any atom is -0.507 e. The predicted molar refractivity (Wildman–Crippen MR) is 116 cm³/mol. The first kappa shape index (κ1) is 23.2. The van der Waals surface area contributed by atoms with Crippen LogP contribution in [0.2, 0.25) is 0 Å². The molecule has 1 aromatic carbocycles. The van der Waals surface area contributed by atoms with Crippen molar-refractivity contribution in [3.05, 3.63) is 28.8 Å². The first-order chi connectivity index (χ1) is 11.9. The zero-order valence-corrected chi connectivity index (χ0v) is 19.1. The average molecular weight is 381 g/mol. The number of phenols is 1. The second kappa shape index (κ2) is 9.39. The highest BCUT2D eigenvalue weighted by Crippen LogP contribution is 2.38. The number of phenolic OH excluding ortho intramolecular Hbond substituents is 1. The van der Waals surface area contributed by atoms with Gasteiger partial charge in [0.1, 0.15) is 5.75 Å². The van der Waals surface area contributed by atoms with Crippen LogP contribution in [-0.2, 0) is 27.4 Å². The van der Waals surface area contributed by atoms with Crippen molar-refractivity contribution in [2.24, 2.45) is 0 Å². The van der Waals surface area contributed by atoms with Gasteiger partial charge in [-0.15, -0.1) is 0 Å². The molecule has 0 bridgehead atoms. The van der Waals surface area contributed by atoms with Gasteiger partial charge >= 0.3 is 0 Å². The summed E-state index contributed by atoms with van der Waals surface area (Å²) in [4.78, 5) is 0. The van der Waals surface area contributed by atoms with Crippen LogP contribution in [0.25, 0.3) is 0 Å². The van der Waals surface area contributed by atoms with Crippen LogP contribution in [0.5, 0.6) is 5.75 Å². The zero-order chi connectivity index (χ0) is 20.1. The van der Waals surface area contributed by atoms with E-state index < -0.39 is 10.8 Å². The quantitative estimate of drug-likeness (QED) is 0.516. The maximum atomic E-state index is 12.9. The first-order valence-corrected chi connectivity index (χ1v) is 11.5. The van der Waals surface area contributed by atoms with Gasteiger partial charge in [0.25, 0.3) is 0 Å². The maximum absolute atomic E-state index is 12.9. The largest absolute Gasteiger partial charge is 0.507 e. The highest BCUT2D eigenvalue weighted by molar-refractivity contribution is 7.84. The van der Waals surface area contributed by atoms with Crippen LogP contribution in [-0.4, -0.2) is 14.6 Å². The molecule has 2 unspecified atom stereocenters. The first-order valence-electron chi connectivity index (χ1n) is 10.1. The third-order valence-electron chi connectivity index (χ3n) is 5.07. The second-order valence-electron chi connectivity index (χ2n) is 9.72. The summed E-state index contributed by atoms with van der Waals surface area (Å²) in [5.41, 5.74) is 2.83. The van der Waals surface area contributed by atoms with Gasteiger partial charge in [0, 0.05) is 21.6 Å². The molecule has 2 atom stereocenters. The Labute approximate surface area is 164 Å². The van der Waals surface area contributed by atoms with Crippen LogP contribution in [0.3, 0.4) is 0 Å². The van der Waals surface area contributed by atoms with Gasteiger partial charge in [-0.25, -0.2) is 0 Å². The van der Waals surface area contributed by atoms with E-state index in [0.717, 1.165) is 24.0 Å². The predicted octanol–water partition coefficient (Wildman–Crippen LogP) is 6.59. The van der Waals surface area contributed by atoms with Crippen LogP contribution in [0.4, 0.5) is 0 Å². The monoisotopic (exact) mass is 380 g/mol. The average Bonchev–Trinajstić information content (AvgIpc) is 2.50. The lowest BCUT2D eigenvalue weighted by molar-refractivity contribution is 0.440. The Hall–Kier alpha value is -0.830. The van der Waals surface area contributed by atoms with Crippen LogP contribution in [0.1, 0.15) is 104 Å². The molecule has 2 nitrogen and oxygen atoms in total. The molecule has 1 N–H and O–H groups in total. The van der Waals surface area contributed by atoms with E-state index in [1.807, 2.05) is 0 Å². The molecule has 150 valence electrons. The zero-order valence-electron chi connectivity index (χ0n) is 18.2. The Morgan fingerprint density at radius 2 is 1.62 bits per heavy atom. The standard InChI is InChI=1S/C23H40O2S/c1-9-10-11-12-13-17(2)26(25)16-18-14-19(22(3,4)5)15-20(21(18)24)23(6,7)8/h14-15,17,24H,9-13,16H2,1-8H3. The fourth-order valence-corrected chi connectivity index (χ4v) is 4.34. The Balaban J connectivity index is 3.06. The molecule has 0 aliphatic carbocycles. The lowest BCUT2D eigenvalue weighted by Crippen LogP contribution is -2.19. The van der Waals surface area contributed by atoms with Gasteiger partial charge in [0.2, 0.25) is 0 Å². The lowest BCUT2D eigenvalue weighted by atomic mass is 9.79. The SMILES string of the molecule is CCCCCCC(C)S(=O)Cc1cc(C(C)(C)C)cc(C(C)(C)C)c1O. The number of rotatable bonds is 8. The van der Waals surface area contributed by atoms with Crippen LogP contribution < -0.4 is 0 Å². The van der Waals surface area contributed by atoms with Crippen LogP contribution >= 0.6 is 0 Å². The Morgan fingerprint density at radius 1 is 1.00 bits per heavy atom. The highest BCUT2D eigenvalue weighted by atomic mass is 32.2. The van der Waals surface area contributed by atoms with Crippen molar-refractivity contribution in [2.45, 2.75) is 109 Å². The molecule has 0 aromatic heterocycles. The summed E-state index contributed by atoms with van der Waals surface area (Å²) in [7, 11) is -0.962. The van der Waals surface area contributed by atoms with E-state index in [0.29, 0.717) is 11.5 Å². The molecule has 0 aliphatic rings. The summed E-state index contributed by atoms with van der Waals surface area (Å²) >= 11 is 0. The molecule has 0 spiro atoms. The summed E-state index contributed by atoms with van der Waals surface area (Å²) in [5, 5.41) is 11.0. The molecule has 0 amide bonds. The molecule has 1 rings (SSSR count). The molecule has 3 heteroatoms. The van der Waals surface area contributed by atoms with Gasteiger partial charge < -0.3 is 5.11 Å². The molecule has 0 saturated carbocycles. The van der Waals surface area contributed by atoms with E-state index >= 15 is 0 Å². The minimum atomic E-state index is -0.962. The molecule has 26 heavy (non-hydrogen) atoms. The Kier molecular flexibility index (Phi) is 8.38. The van der Waals surface area contributed by atoms with Gasteiger partial charge in [-0.2, -0.15) is 0 Å². The molecular weight excluding hydrogens is 340 g/mol. The number of unbranched alkanes of at least 4 members (excludes halogenated alkanes) is 3. The highest BCUT2D eigenvalue weighted by Gasteiger charge is 2.26. The molecule has 0 aliphatic heterocycles.